The molecule has 0 heterocycles. The lowest BCUT2D eigenvalue weighted by molar-refractivity contribution is -0.123. The van der Waals surface area contributed by atoms with E-state index in [0.717, 1.165) is 11.8 Å². The van der Waals surface area contributed by atoms with E-state index in [1.54, 1.807) is 0 Å². The highest BCUT2D eigenvalue weighted by molar-refractivity contribution is 5.83. The van der Waals surface area contributed by atoms with Gasteiger partial charge in [0.2, 0.25) is 5.91 Å². The van der Waals surface area contributed by atoms with Gasteiger partial charge in [-0.05, 0) is 51.4 Å². The SMILES string of the molecule is CC(C)(NC(C1CC1)C1CC1)C(N)=O. The Morgan fingerprint density at radius 1 is 1.29 bits per heavy atom. The number of amides is 1. The molecular formula is C11H20N2O. The molecule has 0 saturated heterocycles. The molecule has 2 rings (SSSR count). The fourth-order valence-corrected chi connectivity index (χ4v) is 2.02. The topological polar surface area (TPSA) is 55.1 Å². The van der Waals surface area contributed by atoms with Gasteiger partial charge in [0.1, 0.15) is 0 Å². The summed E-state index contributed by atoms with van der Waals surface area (Å²) >= 11 is 0. The summed E-state index contributed by atoms with van der Waals surface area (Å²) in [4.78, 5) is 11.2. The molecule has 0 aromatic carbocycles. The lowest BCUT2D eigenvalue weighted by Gasteiger charge is -2.29. The molecule has 3 nitrogen and oxygen atoms in total. The molecule has 0 aromatic heterocycles. The van der Waals surface area contributed by atoms with Crippen molar-refractivity contribution in [3.8, 4) is 0 Å². The van der Waals surface area contributed by atoms with Gasteiger partial charge in [-0.25, -0.2) is 0 Å². The van der Waals surface area contributed by atoms with Gasteiger partial charge in [0, 0.05) is 6.04 Å². The third-order valence-electron chi connectivity index (χ3n) is 3.40. The highest BCUT2D eigenvalue weighted by Crippen LogP contribution is 2.45. The summed E-state index contributed by atoms with van der Waals surface area (Å²) < 4.78 is 0. The van der Waals surface area contributed by atoms with Crippen LogP contribution in [0.5, 0.6) is 0 Å². The van der Waals surface area contributed by atoms with E-state index in [9.17, 15) is 4.79 Å². The van der Waals surface area contributed by atoms with Gasteiger partial charge in [-0.2, -0.15) is 0 Å². The van der Waals surface area contributed by atoms with Gasteiger partial charge in [0.05, 0.1) is 5.54 Å². The van der Waals surface area contributed by atoms with E-state index in [4.69, 9.17) is 5.73 Å². The minimum atomic E-state index is -0.546. The number of rotatable bonds is 5. The van der Waals surface area contributed by atoms with Crippen LogP contribution in [0.25, 0.3) is 0 Å². The van der Waals surface area contributed by atoms with Crippen molar-refractivity contribution < 1.29 is 4.79 Å². The van der Waals surface area contributed by atoms with Crippen LogP contribution in [0.4, 0.5) is 0 Å². The molecule has 2 fully saturated rings. The van der Waals surface area contributed by atoms with Crippen molar-refractivity contribution in [3.05, 3.63) is 0 Å². The molecule has 0 aliphatic heterocycles. The zero-order valence-electron chi connectivity index (χ0n) is 9.05. The lowest BCUT2D eigenvalue weighted by atomic mass is 9.99. The summed E-state index contributed by atoms with van der Waals surface area (Å²) in [5.74, 6) is 1.37. The average molecular weight is 196 g/mol. The maximum atomic E-state index is 11.2. The zero-order chi connectivity index (χ0) is 10.3. The third kappa shape index (κ3) is 2.08. The standard InChI is InChI=1S/C11H20N2O/c1-11(2,10(12)14)13-9(7-3-4-7)8-5-6-8/h7-9,13H,3-6H2,1-2H3,(H2,12,14). The highest BCUT2D eigenvalue weighted by Gasteiger charge is 2.44. The molecule has 0 bridgehead atoms. The first-order valence-corrected chi connectivity index (χ1v) is 5.58. The van der Waals surface area contributed by atoms with E-state index in [-0.39, 0.29) is 5.91 Å². The molecule has 2 aliphatic rings. The summed E-state index contributed by atoms with van der Waals surface area (Å²) in [6, 6.07) is 0.539. The van der Waals surface area contributed by atoms with E-state index in [0.29, 0.717) is 6.04 Å². The van der Waals surface area contributed by atoms with Crippen molar-refractivity contribution in [2.45, 2.75) is 51.1 Å². The summed E-state index contributed by atoms with van der Waals surface area (Å²) in [5, 5.41) is 3.44. The van der Waals surface area contributed by atoms with Crippen LogP contribution in [0.2, 0.25) is 0 Å². The van der Waals surface area contributed by atoms with Crippen LogP contribution in [0, 0.1) is 11.8 Å². The fraction of sp³-hybridized carbons (Fsp3) is 0.909. The van der Waals surface area contributed by atoms with E-state index in [1.807, 2.05) is 13.8 Å². The predicted molar refractivity (Wildman–Crippen MR) is 55.6 cm³/mol. The Hall–Kier alpha value is -0.570. The maximum absolute atomic E-state index is 11.2. The summed E-state index contributed by atoms with van der Waals surface area (Å²) in [5.41, 5.74) is 4.81. The molecule has 0 spiro atoms. The smallest absolute Gasteiger partial charge is 0.237 e. The van der Waals surface area contributed by atoms with Gasteiger partial charge in [-0.15, -0.1) is 0 Å². The van der Waals surface area contributed by atoms with Crippen LogP contribution in [-0.4, -0.2) is 17.5 Å². The van der Waals surface area contributed by atoms with Crippen molar-refractivity contribution in [1.29, 1.82) is 0 Å². The van der Waals surface area contributed by atoms with Crippen LogP contribution in [0.1, 0.15) is 39.5 Å². The Labute approximate surface area is 85.4 Å². The first-order valence-electron chi connectivity index (χ1n) is 5.58. The normalized spacial score (nSPS) is 22.8. The Morgan fingerprint density at radius 3 is 2.00 bits per heavy atom. The van der Waals surface area contributed by atoms with Crippen LogP contribution in [0.3, 0.4) is 0 Å². The third-order valence-corrected chi connectivity index (χ3v) is 3.40. The second-order valence-corrected chi connectivity index (χ2v) is 5.33. The van der Waals surface area contributed by atoms with Gasteiger partial charge in [-0.1, -0.05) is 0 Å². The molecule has 0 atom stereocenters. The maximum Gasteiger partial charge on any atom is 0.237 e. The van der Waals surface area contributed by atoms with E-state index >= 15 is 0 Å². The van der Waals surface area contributed by atoms with Gasteiger partial charge in [0.25, 0.3) is 0 Å². The van der Waals surface area contributed by atoms with E-state index < -0.39 is 5.54 Å². The van der Waals surface area contributed by atoms with Crippen LogP contribution >= 0.6 is 0 Å². The van der Waals surface area contributed by atoms with Crippen LogP contribution in [0.15, 0.2) is 0 Å². The number of nitrogens with one attached hydrogen (secondary N) is 1. The number of carbonyl (C=O) groups is 1. The van der Waals surface area contributed by atoms with Crippen molar-refractivity contribution in [3.63, 3.8) is 0 Å². The Balaban J connectivity index is 1.95. The van der Waals surface area contributed by atoms with Gasteiger partial charge in [-0.3, -0.25) is 4.79 Å². The molecule has 1 amide bonds. The first-order chi connectivity index (χ1) is 6.50. The molecule has 14 heavy (non-hydrogen) atoms. The zero-order valence-corrected chi connectivity index (χ0v) is 9.05. The number of hydrogen-bond acceptors (Lipinski definition) is 2. The lowest BCUT2D eigenvalue weighted by Crippen LogP contribution is -2.55. The molecule has 0 unspecified atom stereocenters. The summed E-state index contributed by atoms with van der Waals surface area (Å²) in [6.07, 6.45) is 5.29. The molecule has 0 aromatic rings. The predicted octanol–water partition coefficient (Wildman–Crippen LogP) is 1.03. The second kappa shape index (κ2) is 3.23. The summed E-state index contributed by atoms with van der Waals surface area (Å²) in [6.45, 7) is 3.76. The number of primary amides is 1. The van der Waals surface area contributed by atoms with Gasteiger partial charge in [0.15, 0.2) is 0 Å². The van der Waals surface area contributed by atoms with E-state index in [1.165, 1.54) is 25.7 Å². The molecule has 3 heteroatoms. The van der Waals surface area contributed by atoms with Gasteiger partial charge >= 0.3 is 0 Å². The van der Waals surface area contributed by atoms with Crippen molar-refractivity contribution >= 4 is 5.91 Å². The van der Waals surface area contributed by atoms with Crippen molar-refractivity contribution in [1.82, 2.24) is 5.32 Å². The fourth-order valence-electron chi connectivity index (χ4n) is 2.02. The molecule has 0 radical (unpaired) electrons. The highest BCUT2D eigenvalue weighted by atomic mass is 16.1. The number of nitrogens with two attached hydrogens (primary N) is 1. The Morgan fingerprint density at radius 2 is 1.71 bits per heavy atom. The summed E-state index contributed by atoms with van der Waals surface area (Å²) in [7, 11) is 0. The molecule has 80 valence electrons. The number of hydrogen-bond donors (Lipinski definition) is 2. The van der Waals surface area contributed by atoms with Crippen LogP contribution in [-0.2, 0) is 4.79 Å². The monoisotopic (exact) mass is 196 g/mol. The van der Waals surface area contributed by atoms with E-state index in [2.05, 4.69) is 5.32 Å². The van der Waals surface area contributed by atoms with Gasteiger partial charge < -0.3 is 11.1 Å². The van der Waals surface area contributed by atoms with Crippen LogP contribution < -0.4 is 11.1 Å². The average Bonchev–Trinajstić information content (AvgIpc) is 2.94. The Kier molecular flexibility index (Phi) is 2.30. The largest absolute Gasteiger partial charge is 0.368 e. The minimum Gasteiger partial charge on any atom is -0.368 e. The minimum absolute atomic E-state index is 0.246. The van der Waals surface area contributed by atoms with Crippen molar-refractivity contribution in [2.75, 3.05) is 0 Å². The quantitative estimate of drug-likeness (QED) is 0.690. The first kappa shape index (κ1) is 9.97. The number of carbonyl (C=O) groups excluding carboxylic acids is 1. The Bertz CT molecular complexity index is 230. The molecule has 2 aliphatic carbocycles. The second-order valence-electron chi connectivity index (χ2n) is 5.33. The molecular weight excluding hydrogens is 176 g/mol. The molecule has 3 N–H and O–H groups in total. The van der Waals surface area contributed by atoms with Crippen molar-refractivity contribution in [2.24, 2.45) is 17.6 Å². The molecule has 2 saturated carbocycles.